The summed E-state index contributed by atoms with van der Waals surface area (Å²) in [7, 11) is 0. The van der Waals surface area contributed by atoms with Crippen LogP contribution >= 0.6 is 11.8 Å². The third-order valence-electron chi connectivity index (χ3n) is 2.63. The average Bonchev–Trinajstić information content (AvgIpc) is 2.93. The van der Waals surface area contributed by atoms with Crippen molar-refractivity contribution in [3.8, 4) is 0 Å². The molecule has 0 bridgehead atoms. The van der Waals surface area contributed by atoms with Gasteiger partial charge in [0, 0.05) is 0 Å². The lowest BCUT2D eigenvalue weighted by atomic mass is 10.3. The number of rotatable bonds is 5. The van der Waals surface area contributed by atoms with Crippen molar-refractivity contribution in [2.45, 2.75) is 10.9 Å². The minimum atomic E-state index is -0.418. The van der Waals surface area contributed by atoms with E-state index in [4.69, 9.17) is 11.5 Å². The molecule has 0 radical (unpaired) electrons. The predicted octanol–water partition coefficient (Wildman–Crippen LogP) is 1.33. The number of hydrogen-bond donors (Lipinski definition) is 4. The monoisotopic (exact) mass is 333 g/mol. The molecule has 0 saturated heterocycles. The lowest BCUT2D eigenvalue weighted by Gasteiger charge is -2.07. The van der Waals surface area contributed by atoms with Crippen LogP contribution in [0.4, 0.5) is 27.9 Å². The maximum Gasteiger partial charge on any atom is 0.232 e. The van der Waals surface area contributed by atoms with Gasteiger partial charge in [-0.25, -0.2) is 9.49 Å². The predicted molar refractivity (Wildman–Crippen MR) is 84.3 cm³/mol. The molecule has 3 aromatic rings. The molecule has 118 valence electrons. The van der Waals surface area contributed by atoms with Gasteiger partial charge in [0.1, 0.15) is 11.6 Å². The molecule has 3 rings (SSSR count). The van der Waals surface area contributed by atoms with Crippen molar-refractivity contribution in [2.24, 2.45) is 0 Å². The minimum absolute atomic E-state index is 0.0314. The fraction of sp³-hybridized carbons (Fsp3) is 0.0833. The van der Waals surface area contributed by atoms with Crippen molar-refractivity contribution < 1.29 is 4.39 Å². The van der Waals surface area contributed by atoms with Gasteiger partial charge in [0.2, 0.25) is 23.0 Å². The van der Waals surface area contributed by atoms with E-state index in [0.717, 1.165) is 0 Å². The normalized spacial score (nSPS) is 10.7. The van der Waals surface area contributed by atoms with Gasteiger partial charge in [-0.1, -0.05) is 23.9 Å². The zero-order valence-electron chi connectivity index (χ0n) is 11.7. The zero-order valence-corrected chi connectivity index (χ0v) is 12.5. The fourth-order valence-electron chi connectivity index (χ4n) is 1.69. The second kappa shape index (κ2) is 6.44. The summed E-state index contributed by atoms with van der Waals surface area (Å²) in [4.78, 5) is 16.1. The first-order chi connectivity index (χ1) is 11.1. The van der Waals surface area contributed by atoms with Gasteiger partial charge in [-0.15, -0.1) is 5.10 Å². The number of H-pyrrole nitrogens is 1. The van der Waals surface area contributed by atoms with Gasteiger partial charge < -0.3 is 16.8 Å². The van der Waals surface area contributed by atoms with Crippen LogP contribution in [-0.2, 0) is 5.75 Å². The van der Waals surface area contributed by atoms with Gasteiger partial charge in [0.25, 0.3) is 0 Å². The van der Waals surface area contributed by atoms with Crippen LogP contribution in [0.25, 0.3) is 0 Å². The third kappa shape index (κ3) is 3.83. The van der Waals surface area contributed by atoms with Crippen LogP contribution < -0.4 is 16.8 Å². The highest BCUT2D eigenvalue weighted by atomic mass is 32.2. The topological polar surface area (TPSA) is 144 Å². The molecule has 6 N–H and O–H groups in total. The average molecular weight is 333 g/mol. The number of nitrogens with one attached hydrogen (secondary N) is 2. The number of nitrogen functional groups attached to an aromatic ring is 2. The zero-order chi connectivity index (χ0) is 16.2. The quantitative estimate of drug-likeness (QED) is 0.508. The smallest absolute Gasteiger partial charge is 0.232 e. The van der Waals surface area contributed by atoms with E-state index in [-0.39, 0.29) is 23.5 Å². The molecule has 11 heteroatoms. The first-order valence-electron chi connectivity index (χ1n) is 6.43. The van der Waals surface area contributed by atoms with Crippen LogP contribution in [0.2, 0.25) is 0 Å². The fourth-order valence-corrected chi connectivity index (χ4v) is 2.35. The number of para-hydroxylation sites is 1. The third-order valence-corrected chi connectivity index (χ3v) is 3.48. The van der Waals surface area contributed by atoms with Gasteiger partial charge in [0.05, 0.1) is 11.4 Å². The molecule has 0 saturated carbocycles. The largest absolute Gasteiger partial charge is 0.368 e. The molecule has 0 aliphatic carbocycles. The number of halogens is 1. The highest BCUT2D eigenvalue weighted by Gasteiger charge is 2.09. The van der Waals surface area contributed by atoms with Crippen molar-refractivity contribution in [3.63, 3.8) is 0 Å². The van der Waals surface area contributed by atoms with E-state index in [1.54, 1.807) is 18.2 Å². The second-order valence-electron chi connectivity index (χ2n) is 4.33. The number of thioether (sulfide) groups is 1. The van der Waals surface area contributed by atoms with Crippen LogP contribution in [0.1, 0.15) is 5.82 Å². The van der Waals surface area contributed by atoms with Gasteiger partial charge in [-0.05, 0) is 12.1 Å². The molecule has 0 aliphatic rings. The molecular formula is C12H12FN9S. The summed E-state index contributed by atoms with van der Waals surface area (Å²) in [5.74, 6) is 0.764. The molecular weight excluding hydrogens is 321 g/mol. The Labute approximate surface area is 134 Å². The number of anilines is 4. The Morgan fingerprint density at radius 1 is 1.13 bits per heavy atom. The van der Waals surface area contributed by atoms with E-state index in [1.807, 2.05) is 0 Å². The van der Waals surface area contributed by atoms with Crippen LogP contribution in [-0.4, -0.2) is 30.1 Å². The van der Waals surface area contributed by atoms with Crippen molar-refractivity contribution in [2.75, 3.05) is 16.8 Å². The molecule has 0 amide bonds. The second-order valence-corrected chi connectivity index (χ2v) is 5.27. The number of aromatic amines is 1. The van der Waals surface area contributed by atoms with Crippen LogP contribution in [0.3, 0.4) is 0 Å². The van der Waals surface area contributed by atoms with E-state index < -0.39 is 5.82 Å². The van der Waals surface area contributed by atoms with E-state index in [0.29, 0.717) is 16.7 Å². The number of hydrogen-bond acceptors (Lipinski definition) is 9. The lowest BCUT2D eigenvalue weighted by Crippen LogP contribution is -2.07. The number of nitrogens with zero attached hydrogens (tertiary/aromatic N) is 5. The number of aromatic nitrogens is 6. The number of nitrogens with two attached hydrogens (primary N) is 2. The van der Waals surface area contributed by atoms with Gasteiger partial charge in [-0.2, -0.15) is 19.9 Å². The highest BCUT2D eigenvalue weighted by molar-refractivity contribution is 7.98. The molecule has 0 fully saturated rings. The molecule has 0 unspecified atom stereocenters. The lowest BCUT2D eigenvalue weighted by molar-refractivity contribution is 0.631. The molecule has 2 aromatic heterocycles. The maximum absolute atomic E-state index is 13.6. The van der Waals surface area contributed by atoms with Gasteiger partial charge in [0.15, 0.2) is 0 Å². The van der Waals surface area contributed by atoms with Crippen molar-refractivity contribution in [1.29, 1.82) is 0 Å². The number of benzene rings is 1. The summed E-state index contributed by atoms with van der Waals surface area (Å²) in [5, 5.41) is 9.65. The summed E-state index contributed by atoms with van der Waals surface area (Å²) in [5.41, 5.74) is 11.4. The molecule has 23 heavy (non-hydrogen) atoms. The summed E-state index contributed by atoms with van der Waals surface area (Å²) in [6, 6.07) is 6.19. The molecule has 0 aliphatic heterocycles. The molecule has 0 spiro atoms. The first-order valence-corrected chi connectivity index (χ1v) is 7.41. The Hall–Kier alpha value is -2.95. The maximum atomic E-state index is 13.6. The molecule has 9 nitrogen and oxygen atoms in total. The highest BCUT2D eigenvalue weighted by Crippen LogP contribution is 2.20. The molecule has 1 aromatic carbocycles. The first kappa shape index (κ1) is 15.0. The summed E-state index contributed by atoms with van der Waals surface area (Å²) in [6.07, 6.45) is 0. The van der Waals surface area contributed by atoms with Crippen molar-refractivity contribution in [1.82, 2.24) is 30.1 Å². The van der Waals surface area contributed by atoms with E-state index in [2.05, 4.69) is 35.5 Å². The Morgan fingerprint density at radius 3 is 2.70 bits per heavy atom. The Kier molecular flexibility index (Phi) is 4.19. The van der Waals surface area contributed by atoms with Crippen molar-refractivity contribution >= 4 is 35.3 Å². The van der Waals surface area contributed by atoms with Gasteiger partial charge in [-0.3, -0.25) is 0 Å². The van der Waals surface area contributed by atoms with Crippen molar-refractivity contribution in [3.05, 3.63) is 35.9 Å². The van der Waals surface area contributed by atoms with Crippen LogP contribution in [0, 0.1) is 5.82 Å². The molecule has 2 heterocycles. The summed E-state index contributed by atoms with van der Waals surface area (Å²) >= 11 is 1.28. The Bertz CT molecular complexity index is 822. The Morgan fingerprint density at radius 2 is 1.96 bits per heavy atom. The minimum Gasteiger partial charge on any atom is -0.368 e. The van der Waals surface area contributed by atoms with Crippen LogP contribution in [0.15, 0.2) is 29.4 Å². The van der Waals surface area contributed by atoms with Gasteiger partial charge >= 0.3 is 0 Å². The van der Waals surface area contributed by atoms with Crippen LogP contribution in [0.5, 0.6) is 0 Å². The molecule has 0 atom stereocenters. The Balaban J connectivity index is 1.75. The van der Waals surface area contributed by atoms with E-state index >= 15 is 0 Å². The SMILES string of the molecule is Nc1nc(CSc2n[nH]c(N)n2)nc(Nc2ccccc2F)n1. The summed E-state index contributed by atoms with van der Waals surface area (Å²) < 4.78 is 13.6. The summed E-state index contributed by atoms with van der Waals surface area (Å²) in [6.45, 7) is 0. The van der Waals surface area contributed by atoms with E-state index in [9.17, 15) is 4.39 Å². The van der Waals surface area contributed by atoms with E-state index in [1.165, 1.54) is 17.8 Å². The standard InChI is InChI=1S/C12H12FN9S/c13-6-3-1-2-4-7(6)16-11-18-8(17-9(14)19-11)5-23-12-20-10(15)21-22-12/h1-4H,5H2,(H3,15,20,21,22)(H3,14,16,17,18,19).